The summed E-state index contributed by atoms with van der Waals surface area (Å²) in [5.41, 5.74) is -0.125. The number of nitrogens with zero attached hydrogens (tertiary/aromatic N) is 1. The van der Waals surface area contributed by atoms with Crippen molar-refractivity contribution in [3.63, 3.8) is 0 Å². The van der Waals surface area contributed by atoms with Crippen molar-refractivity contribution in [1.29, 1.82) is 0 Å². The van der Waals surface area contributed by atoms with Crippen LogP contribution >= 0.6 is 0 Å². The van der Waals surface area contributed by atoms with E-state index in [1.807, 2.05) is 0 Å². The minimum Gasteiger partial charge on any atom is -0.508 e. The number of phenolic OH excluding ortho intramolecular Hbond substituents is 1. The zero-order valence-electron chi connectivity index (χ0n) is 8.95. The van der Waals surface area contributed by atoms with E-state index in [9.17, 15) is 14.7 Å². The number of aromatic hydroxyl groups is 1. The summed E-state index contributed by atoms with van der Waals surface area (Å²) in [6.45, 7) is 0. The Kier molecular flexibility index (Phi) is 2.96. The molecule has 2 rings (SSSR count). The number of rotatable bonds is 3. The molecule has 0 saturated heterocycles. The molecule has 0 aliphatic heterocycles. The number of nitrogens with one attached hydrogen (secondary N) is 1. The fourth-order valence-corrected chi connectivity index (χ4v) is 1.33. The number of hydrogen-bond donors (Lipinski definition) is 3. The van der Waals surface area contributed by atoms with Crippen molar-refractivity contribution >= 4 is 17.6 Å². The lowest BCUT2D eigenvalue weighted by molar-refractivity contribution is 0.0697. The average Bonchev–Trinajstić information content (AvgIpc) is 2.84. The van der Waals surface area contributed by atoms with Gasteiger partial charge in [-0.05, 0) is 18.2 Å². The summed E-state index contributed by atoms with van der Waals surface area (Å²) < 4.78 is 4.50. The summed E-state index contributed by atoms with van der Waals surface area (Å²) in [5, 5.41) is 23.9. The minimum atomic E-state index is -1.26. The van der Waals surface area contributed by atoms with Gasteiger partial charge in [0.25, 0.3) is 5.91 Å². The Bertz CT molecular complexity index is 591. The van der Waals surface area contributed by atoms with Gasteiger partial charge in [-0.25, -0.2) is 4.79 Å². The first-order chi connectivity index (χ1) is 8.58. The second kappa shape index (κ2) is 4.58. The molecule has 0 radical (unpaired) electrons. The van der Waals surface area contributed by atoms with Gasteiger partial charge in [0.1, 0.15) is 12.0 Å². The van der Waals surface area contributed by atoms with Crippen LogP contribution in [0.15, 0.2) is 35.1 Å². The van der Waals surface area contributed by atoms with E-state index in [-0.39, 0.29) is 22.7 Å². The van der Waals surface area contributed by atoms with E-state index in [4.69, 9.17) is 5.11 Å². The highest BCUT2D eigenvalue weighted by Gasteiger charge is 2.15. The standard InChI is InChI=1S/C11H8N2O5/c14-6-1-2-8(7(5-6)11(16)17)12-10(15)9-3-4-18-13-9/h1-5,14H,(H,12,15)(H,16,17). The van der Waals surface area contributed by atoms with Crippen molar-refractivity contribution in [2.45, 2.75) is 0 Å². The fraction of sp³-hybridized carbons (Fsp3) is 0. The predicted molar refractivity (Wildman–Crippen MR) is 59.5 cm³/mol. The number of aromatic carboxylic acids is 1. The lowest BCUT2D eigenvalue weighted by Crippen LogP contribution is -2.15. The number of hydrogen-bond acceptors (Lipinski definition) is 5. The van der Waals surface area contributed by atoms with Gasteiger partial charge < -0.3 is 20.1 Å². The number of benzene rings is 1. The molecular weight excluding hydrogens is 240 g/mol. The zero-order valence-corrected chi connectivity index (χ0v) is 8.95. The first-order valence-electron chi connectivity index (χ1n) is 4.86. The Morgan fingerprint density at radius 3 is 2.67 bits per heavy atom. The molecule has 0 aliphatic rings. The molecule has 0 bridgehead atoms. The van der Waals surface area contributed by atoms with Crippen LogP contribution in [0, 0.1) is 0 Å². The van der Waals surface area contributed by atoms with E-state index in [0.717, 1.165) is 6.07 Å². The molecule has 7 heteroatoms. The molecule has 0 aliphatic carbocycles. The number of anilines is 1. The highest BCUT2D eigenvalue weighted by atomic mass is 16.5. The largest absolute Gasteiger partial charge is 0.508 e. The van der Waals surface area contributed by atoms with Gasteiger partial charge in [0.05, 0.1) is 11.3 Å². The Balaban J connectivity index is 2.29. The SMILES string of the molecule is O=C(Nc1ccc(O)cc1C(=O)O)c1ccon1. The quantitative estimate of drug-likeness (QED) is 0.706. The third-order valence-electron chi connectivity index (χ3n) is 2.15. The van der Waals surface area contributed by atoms with Crippen molar-refractivity contribution < 1.29 is 24.3 Å². The van der Waals surface area contributed by atoms with Gasteiger partial charge in [-0.15, -0.1) is 0 Å². The average molecular weight is 248 g/mol. The number of carbonyl (C=O) groups is 2. The summed E-state index contributed by atoms with van der Waals surface area (Å²) in [6.07, 6.45) is 1.23. The van der Waals surface area contributed by atoms with E-state index in [1.54, 1.807) is 0 Å². The lowest BCUT2D eigenvalue weighted by Gasteiger charge is -2.07. The summed E-state index contributed by atoms with van der Waals surface area (Å²) >= 11 is 0. The molecule has 1 aromatic carbocycles. The Hall–Kier alpha value is -2.83. The first-order valence-corrected chi connectivity index (χ1v) is 4.86. The maximum atomic E-state index is 11.6. The van der Waals surface area contributed by atoms with Crippen molar-refractivity contribution in [3.8, 4) is 5.75 Å². The van der Waals surface area contributed by atoms with Crippen LogP contribution in [0.2, 0.25) is 0 Å². The number of carbonyl (C=O) groups excluding carboxylic acids is 1. The summed E-state index contributed by atoms with van der Waals surface area (Å²) in [7, 11) is 0. The van der Waals surface area contributed by atoms with Gasteiger partial charge in [0.15, 0.2) is 5.69 Å². The fourth-order valence-electron chi connectivity index (χ4n) is 1.33. The zero-order chi connectivity index (χ0) is 13.1. The molecule has 0 unspecified atom stereocenters. The van der Waals surface area contributed by atoms with Crippen LogP contribution in [-0.4, -0.2) is 27.2 Å². The highest BCUT2D eigenvalue weighted by molar-refractivity contribution is 6.06. The van der Waals surface area contributed by atoms with Crippen molar-refractivity contribution in [2.24, 2.45) is 0 Å². The van der Waals surface area contributed by atoms with Gasteiger partial charge in [0, 0.05) is 6.07 Å². The number of amides is 1. The number of aromatic nitrogens is 1. The van der Waals surface area contributed by atoms with Crippen LogP contribution in [-0.2, 0) is 0 Å². The molecule has 2 aromatic rings. The Morgan fingerprint density at radius 1 is 1.28 bits per heavy atom. The number of carboxylic acid groups (broad SMARTS) is 1. The molecule has 0 saturated carbocycles. The van der Waals surface area contributed by atoms with E-state index >= 15 is 0 Å². The van der Waals surface area contributed by atoms with Gasteiger partial charge in [0.2, 0.25) is 0 Å². The second-order valence-electron chi connectivity index (χ2n) is 3.37. The monoisotopic (exact) mass is 248 g/mol. The van der Waals surface area contributed by atoms with Crippen molar-refractivity contribution in [3.05, 3.63) is 41.8 Å². The van der Waals surface area contributed by atoms with E-state index in [1.165, 1.54) is 24.5 Å². The van der Waals surface area contributed by atoms with Crippen LogP contribution in [0.5, 0.6) is 5.75 Å². The maximum Gasteiger partial charge on any atom is 0.337 e. The van der Waals surface area contributed by atoms with E-state index in [0.29, 0.717) is 0 Å². The molecule has 1 aromatic heterocycles. The molecular formula is C11H8N2O5. The molecule has 0 atom stereocenters. The van der Waals surface area contributed by atoms with Crippen LogP contribution in [0.1, 0.15) is 20.8 Å². The number of carboxylic acids is 1. The predicted octanol–water partition coefficient (Wildman–Crippen LogP) is 1.33. The van der Waals surface area contributed by atoms with Crippen LogP contribution in [0.3, 0.4) is 0 Å². The van der Waals surface area contributed by atoms with Crippen molar-refractivity contribution in [1.82, 2.24) is 5.16 Å². The van der Waals surface area contributed by atoms with E-state index < -0.39 is 11.9 Å². The van der Waals surface area contributed by atoms with Crippen LogP contribution < -0.4 is 5.32 Å². The van der Waals surface area contributed by atoms with Crippen molar-refractivity contribution in [2.75, 3.05) is 5.32 Å². The third-order valence-corrected chi connectivity index (χ3v) is 2.15. The summed E-state index contributed by atoms with van der Waals surface area (Å²) in [6, 6.07) is 4.94. The second-order valence-corrected chi connectivity index (χ2v) is 3.37. The van der Waals surface area contributed by atoms with Crippen LogP contribution in [0.4, 0.5) is 5.69 Å². The Labute approximate surface area is 101 Å². The lowest BCUT2D eigenvalue weighted by atomic mass is 10.1. The van der Waals surface area contributed by atoms with Gasteiger partial charge in [-0.3, -0.25) is 4.79 Å². The first kappa shape index (κ1) is 11.6. The van der Waals surface area contributed by atoms with Crippen LogP contribution in [0.25, 0.3) is 0 Å². The van der Waals surface area contributed by atoms with Gasteiger partial charge >= 0.3 is 5.97 Å². The van der Waals surface area contributed by atoms with Gasteiger partial charge in [-0.2, -0.15) is 0 Å². The minimum absolute atomic E-state index is 0.0272. The van der Waals surface area contributed by atoms with E-state index in [2.05, 4.69) is 15.0 Å². The maximum absolute atomic E-state index is 11.6. The third kappa shape index (κ3) is 2.29. The highest BCUT2D eigenvalue weighted by Crippen LogP contribution is 2.21. The normalized spacial score (nSPS) is 10.0. The topological polar surface area (TPSA) is 113 Å². The molecule has 0 spiro atoms. The van der Waals surface area contributed by atoms with Gasteiger partial charge in [-0.1, -0.05) is 5.16 Å². The molecule has 92 valence electrons. The molecule has 1 heterocycles. The summed E-state index contributed by atoms with van der Waals surface area (Å²) in [4.78, 5) is 22.6. The molecule has 0 fully saturated rings. The summed E-state index contributed by atoms with van der Waals surface area (Å²) in [5.74, 6) is -2.06. The molecule has 3 N–H and O–H groups in total. The smallest absolute Gasteiger partial charge is 0.337 e. The molecule has 1 amide bonds. The number of phenols is 1. The molecule has 18 heavy (non-hydrogen) atoms. The molecule has 7 nitrogen and oxygen atoms in total. The Morgan fingerprint density at radius 2 is 2.06 bits per heavy atom.